The number of likely N-dealkylation sites (tertiary alicyclic amines) is 1. The van der Waals surface area contributed by atoms with Crippen molar-refractivity contribution >= 4 is 5.91 Å². The molecule has 2 heterocycles. The largest absolute Gasteiger partial charge is 0.383 e. The predicted octanol–water partition coefficient (Wildman–Crippen LogP) is 1.52. The van der Waals surface area contributed by atoms with E-state index < -0.39 is 0 Å². The topological polar surface area (TPSA) is 71.2 Å². The van der Waals surface area contributed by atoms with Gasteiger partial charge in [0, 0.05) is 37.9 Å². The fourth-order valence-electron chi connectivity index (χ4n) is 2.56. The number of ether oxygens (including phenoxy) is 1. The number of methoxy groups -OCH3 is 1. The van der Waals surface area contributed by atoms with Gasteiger partial charge >= 0.3 is 0 Å². The van der Waals surface area contributed by atoms with E-state index in [1.807, 2.05) is 24.7 Å². The molecule has 20 heavy (non-hydrogen) atoms. The van der Waals surface area contributed by atoms with Gasteiger partial charge in [0.15, 0.2) is 0 Å². The molecule has 0 unspecified atom stereocenters. The summed E-state index contributed by atoms with van der Waals surface area (Å²) in [6.07, 6.45) is 3.96. The maximum Gasteiger partial charge on any atom is 0.224 e. The molecule has 1 fully saturated rings. The first-order chi connectivity index (χ1) is 9.58. The number of nitriles is 1. The Hall–Kier alpha value is -1.87. The predicted molar refractivity (Wildman–Crippen MR) is 72.7 cm³/mol. The molecular weight excluding hydrogens is 256 g/mol. The highest BCUT2D eigenvalue weighted by atomic mass is 16.5. The third-order valence-electron chi connectivity index (χ3n) is 3.63. The van der Waals surface area contributed by atoms with Gasteiger partial charge in [0.1, 0.15) is 0 Å². The fraction of sp³-hybridized carbons (Fsp3) is 0.643. The number of nitrogens with zero attached hydrogens (tertiary/aromatic N) is 4. The highest BCUT2D eigenvalue weighted by molar-refractivity contribution is 5.80. The summed E-state index contributed by atoms with van der Waals surface area (Å²) in [6, 6.07) is 2.29. The zero-order chi connectivity index (χ0) is 14.7. The lowest BCUT2D eigenvalue weighted by Crippen LogP contribution is -2.31. The Kier molecular flexibility index (Phi) is 4.40. The van der Waals surface area contributed by atoms with Crippen LogP contribution in [0.25, 0.3) is 0 Å². The zero-order valence-electron chi connectivity index (χ0n) is 12.1. The van der Waals surface area contributed by atoms with Crippen molar-refractivity contribution in [2.24, 2.45) is 5.92 Å². The average Bonchev–Trinajstić information content (AvgIpc) is 3.00. The van der Waals surface area contributed by atoms with Gasteiger partial charge in [0.2, 0.25) is 5.91 Å². The Morgan fingerprint density at radius 1 is 1.60 bits per heavy atom. The average molecular weight is 276 g/mol. The molecule has 0 aromatic carbocycles. The highest BCUT2D eigenvalue weighted by Gasteiger charge is 2.41. The van der Waals surface area contributed by atoms with Gasteiger partial charge in [0.25, 0.3) is 0 Å². The molecule has 2 rings (SSSR count). The van der Waals surface area contributed by atoms with Crippen molar-refractivity contribution in [2.45, 2.75) is 32.4 Å². The SMILES string of the molecule is COCCN1C(=O)C[C@H](C#N)[C@H]1c1cnn(C(C)C)c1. The monoisotopic (exact) mass is 276 g/mol. The zero-order valence-corrected chi connectivity index (χ0v) is 12.1. The van der Waals surface area contributed by atoms with Crippen molar-refractivity contribution in [3.8, 4) is 6.07 Å². The van der Waals surface area contributed by atoms with E-state index in [1.54, 1.807) is 18.2 Å². The van der Waals surface area contributed by atoms with Crippen LogP contribution in [0.15, 0.2) is 12.4 Å². The summed E-state index contributed by atoms with van der Waals surface area (Å²) < 4.78 is 6.90. The van der Waals surface area contributed by atoms with E-state index in [4.69, 9.17) is 4.74 Å². The number of amides is 1. The van der Waals surface area contributed by atoms with Crippen LogP contribution in [-0.4, -0.2) is 40.8 Å². The number of carbonyl (C=O) groups excluding carboxylic acids is 1. The highest BCUT2D eigenvalue weighted by Crippen LogP contribution is 2.37. The molecule has 1 amide bonds. The van der Waals surface area contributed by atoms with Gasteiger partial charge < -0.3 is 9.64 Å². The van der Waals surface area contributed by atoms with Crippen LogP contribution in [0, 0.1) is 17.2 Å². The molecule has 2 atom stereocenters. The first-order valence-electron chi connectivity index (χ1n) is 6.80. The second-order valence-corrected chi connectivity index (χ2v) is 5.31. The Labute approximate surface area is 118 Å². The Morgan fingerprint density at radius 3 is 2.90 bits per heavy atom. The summed E-state index contributed by atoms with van der Waals surface area (Å²) in [5.41, 5.74) is 0.923. The second-order valence-electron chi connectivity index (χ2n) is 5.31. The maximum atomic E-state index is 12.1. The molecule has 0 radical (unpaired) electrons. The molecule has 1 aliphatic rings. The van der Waals surface area contributed by atoms with Crippen molar-refractivity contribution in [1.82, 2.24) is 14.7 Å². The Morgan fingerprint density at radius 2 is 2.35 bits per heavy atom. The minimum absolute atomic E-state index is 0.0101. The van der Waals surface area contributed by atoms with Crippen molar-refractivity contribution in [3.05, 3.63) is 18.0 Å². The summed E-state index contributed by atoms with van der Waals surface area (Å²) >= 11 is 0. The molecule has 108 valence electrons. The maximum absolute atomic E-state index is 12.1. The van der Waals surface area contributed by atoms with Gasteiger partial charge in [-0.3, -0.25) is 9.48 Å². The molecule has 6 heteroatoms. The van der Waals surface area contributed by atoms with Crippen molar-refractivity contribution < 1.29 is 9.53 Å². The van der Waals surface area contributed by atoms with Gasteiger partial charge in [-0.15, -0.1) is 0 Å². The minimum atomic E-state index is -0.316. The minimum Gasteiger partial charge on any atom is -0.383 e. The molecule has 1 aromatic rings. The van der Waals surface area contributed by atoms with Gasteiger partial charge in [-0.25, -0.2) is 0 Å². The van der Waals surface area contributed by atoms with E-state index in [2.05, 4.69) is 11.2 Å². The van der Waals surface area contributed by atoms with Crippen molar-refractivity contribution in [2.75, 3.05) is 20.3 Å². The Bertz CT molecular complexity index is 517. The smallest absolute Gasteiger partial charge is 0.224 e. The molecule has 1 aromatic heterocycles. The van der Waals surface area contributed by atoms with Gasteiger partial charge in [-0.2, -0.15) is 10.4 Å². The Balaban J connectivity index is 2.27. The normalized spacial score (nSPS) is 22.6. The number of carbonyl (C=O) groups is 1. The van der Waals surface area contributed by atoms with Crippen LogP contribution in [0.1, 0.15) is 37.9 Å². The van der Waals surface area contributed by atoms with E-state index in [0.29, 0.717) is 13.2 Å². The quantitative estimate of drug-likeness (QED) is 0.817. The number of hydrogen-bond donors (Lipinski definition) is 0. The third-order valence-corrected chi connectivity index (χ3v) is 3.63. The summed E-state index contributed by atoms with van der Waals surface area (Å²) in [5, 5.41) is 13.6. The van der Waals surface area contributed by atoms with Crippen molar-refractivity contribution in [1.29, 1.82) is 5.26 Å². The lowest BCUT2D eigenvalue weighted by molar-refractivity contribution is -0.129. The van der Waals surface area contributed by atoms with Crippen LogP contribution in [0.2, 0.25) is 0 Å². The summed E-state index contributed by atoms with van der Waals surface area (Å²) in [7, 11) is 1.61. The molecule has 1 saturated heterocycles. The fourth-order valence-corrected chi connectivity index (χ4v) is 2.56. The molecule has 0 saturated carbocycles. The summed E-state index contributed by atoms with van der Waals surface area (Å²) in [6.45, 7) is 5.06. The molecule has 0 N–H and O–H groups in total. The van der Waals surface area contributed by atoms with Crippen LogP contribution in [0.4, 0.5) is 0 Å². The van der Waals surface area contributed by atoms with E-state index in [0.717, 1.165) is 5.56 Å². The summed E-state index contributed by atoms with van der Waals surface area (Å²) in [5.74, 6) is -0.305. The second kappa shape index (κ2) is 6.06. The van der Waals surface area contributed by atoms with E-state index in [9.17, 15) is 10.1 Å². The van der Waals surface area contributed by atoms with Gasteiger partial charge in [-0.1, -0.05) is 0 Å². The van der Waals surface area contributed by atoms with Crippen molar-refractivity contribution in [3.63, 3.8) is 0 Å². The summed E-state index contributed by atoms with van der Waals surface area (Å²) in [4.78, 5) is 13.8. The molecule has 0 spiro atoms. The van der Waals surface area contributed by atoms with Gasteiger partial charge in [0.05, 0.1) is 30.8 Å². The lowest BCUT2D eigenvalue weighted by atomic mass is 9.97. The van der Waals surface area contributed by atoms with E-state index in [-0.39, 0.29) is 30.3 Å². The lowest BCUT2D eigenvalue weighted by Gasteiger charge is -2.25. The van der Waals surface area contributed by atoms with Crippen LogP contribution >= 0.6 is 0 Å². The first kappa shape index (κ1) is 14.5. The first-order valence-corrected chi connectivity index (χ1v) is 6.80. The van der Waals surface area contributed by atoms with Crippen LogP contribution in [0.5, 0.6) is 0 Å². The standard InChI is InChI=1S/C14H20N4O2/c1-10(2)18-9-12(8-16-18)14-11(7-15)6-13(19)17(14)4-5-20-3/h8-11,14H,4-6H2,1-3H3/t11-,14+/m1/s1. The molecule has 1 aliphatic heterocycles. The molecule has 6 nitrogen and oxygen atoms in total. The third kappa shape index (κ3) is 2.68. The number of rotatable bonds is 5. The molecular formula is C14H20N4O2. The number of hydrogen-bond acceptors (Lipinski definition) is 4. The molecule has 0 aliphatic carbocycles. The van der Waals surface area contributed by atoms with Crippen LogP contribution in [0.3, 0.4) is 0 Å². The number of aromatic nitrogens is 2. The van der Waals surface area contributed by atoms with Crippen LogP contribution in [-0.2, 0) is 9.53 Å². The van der Waals surface area contributed by atoms with Gasteiger partial charge in [-0.05, 0) is 13.8 Å². The van der Waals surface area contributed by atoms with E-state index in [1.165, 1.54) is 0 Å². The molecule has 0 bridgehead atoms. The van der Waals surface area contributed by atoms with E-state index >= 15 is 0 Å². The van der Waals surface area contributed by atoms with Crippen LogP contribution < -0.4 is 0 Å².